The van der Waals surface area contributed by atoms with Gasteiger partial charge in [-0.25, -0.2) is 0 Å². The van der Waals surface area contributed by atoms with Gasteiger partial charge in [-0.3, -0.25) is 4.79 Å². The Labute approximate surface area is 218 Å². The quantitative estimate of drug-likeness (QED) is 0.331. The highest BCUT2D eigenvalue weighted by Crippen LogP contribution is 2.62. The minimum absolute atomic E-state index is 0. The summed E-state index contributed by atoms with van der Waals surface area (Å²) in [7, 11) is -0.553. The van der Waals surface area contributed by atoms with Gasteiger partial charge in [0.05, 0.1) is 7.11 Å². The molecular formula is C30H29BrNO2P. The second-order valence-corrected chi connectivity index (χ2v) is 12.3. The predicted molar refractivity (Wildman–Crippen MR) is 142 cm³/mol. The first kappa shape index (κ1) is 25.2. The maximum atomic E-state index is 14.1. The lowest BCUT2D eigenvalue weighted by molar-refractivity contribution is -0.127. The molecule has 0 N–H and O–H groups in total. The Morgan fingerprint density at radius 2 is 1.20 bits per heavy atom. The summed E-state index contributed by atoms with van der Waals surface area (Å²) >= 11 is 0. The van der Waals surface area contributed by atoms with Crippen molar-refractivity contribution in [3.05, 3.63) is 121 Å². The van der Waals surface area contributed by atoms with E-state index in [1.807, 2.05) is 29.2 Å². The summed E-state index contributed by atoms with van der Waals surface area (Å²) in [6.45, 7) is 1.39. The largest absolute Gasteiger partial charge is 1.00 e. The SMILES string of the molecule is COc1ccc(CN2CC[C@@H]([P+](c3ccccc3)(c3ccccc3)c3ccccc3)C2=O)cc1.[Br-]. The number of ether oxygens (including phenoxy) is 1. The second-order valence-electron chi connectivity index (χ2n) is 8.64. The number of hydrogen-bond acceptors (Lipinski definition) is 2. The summed E-state index contributed by atoms with van der Waals surface area (Å²) in [6.07, 6.45) is 0.849. The van der Waals surface area contributed by atoms with Gasteiger partial charge in [-0.2, -0.15) is 0 Å². The molecule has 1 fully saturated rings. The first-order valence-corrected chi connectivity index (χ1v) is 13.6. The molecular weight excluding hydrogens is 517 g/mol. The van der Waals surface area contributed by atoms with Crippen LogP contribution >= 0.6 is 7.26 Å². The Morgan fingerprint density at radius 1 is 0.743 bits per heavy atom. The number of methoxy groups -OCH3 is 1. The van der Waals surface area contributed by atoms with Gasteiger partial charge in [0.2, 0.25) is 0 Å². The van der Waals surface area contributed by atoms with Gasteiger partial charge < -0.3 is 26.6 Å². The molecule has 1 atom stereocenters. The number of likely N-dealkylation sites (tertiary alicyclic amines) is 1. The van der Waals surface area contributed by atoms with Gasteiger partial charge in [0.25, 0.3) is 5.91 Å². The van der Waals surface area contributed by atoms with Crippen LogP contribution in [-0.2, 0) is 11.3 Å². The van der Waals surface area contributed by atoms with E-state index in [-0.39, 0.29) is 28.5 Å². The monoisotopic (exact) mass is 545 g/mol. The number of rotatable bonds is 7. The molecule has 1 heterocycles. The Hall–Kier alpha value is -2.94. The minimum Gasteiger partial charge on any atom is -1.00 e. The average molecular weight is 546 g/mol. The molecule has 178 valence electrons. The minimum atomic E-state index is -2.22. The number of carbonyl (C=O) groups is 1. The highest BCUT2D eigenvalue weighted by Gasteiger charge is 2.58. The van der Waals surface area contributed by atoms with Crippen LogP contribution in [0.3, 0.4) is 0 Å². The van der Waals surface area contributed by atoms with E-state index in [2.05, 4.69) is 91.0 Å². The fourth-order valence-electron chi connectivity index (χ4n) is 5.17. The third kappa shape index (κ3) is 4.78. The number of amides is 1. The van der Waals surface area contributed by atoms with Gasteiger partial charge in [0.15, 0.2) is 5.66 Å². The van der Waals surface area contributed by atoms with Crippen molar-refractivity contribution in [2.24, 2.45) is 0 Å². The van der Waals surface area contributed by atoms with Gasteiger partial charge in [-0.15, -0.1) is 0 Å². The van der Waals surface area contributed by atoms with E-state index in [0.717, 1.165) is 24.3 Å². The summed E-state index contributed by atoms with van der Waals surface area (Å²) in [4.78, 5) is 16.2. The van der Waals surface area contributed by atoms with Crippen molar-refractivity contribution in [3.63, 3.8) is 0 Å². The maximum absolute atomic E-state index is 14.1. The van der Waals surface area contributed by atoms with E-state index in [1.54, 1.807) is 7.11 Å². The van der Waals surface area contributed by atoms with Gasteiger partial charge in [0, 0.05) is 19.5 Å². The first-order valence-electron chi connectivity index (χ1n) is 11.7. The van der Waals surface area contributed by atoms with Crippen LogP contribution in [0.25, 0.3) is 0 Å². The van der Waals surface area contributed by atoms with Crippen LogP contribution in [0.2, 0.25) is 0 Å². The third-order valence-corrected chi connectivity index (χ3v) is 11.5. The maximum Gasteiger partial charge on any atom is 0.264 e. The lowest BCUT2D eigenvalue weighted by atomic mass is 10.2. The zero-order chi connectivity index (χ0) is 23.4. The van der Waals surface area contributed by atoms with Crippen LogP contribution in [0.15, 0.2) is 115 Å². The molecule has 0 spiro atoms. The number of carbonyl (C=O) groups excluding carboxylic acids is 1. The lowest BCUT2D eigenvalue weighted by Crippen LogP contribution is -3.00. The molecule has 0 radical (unpaired) electrons. The second kappa shape index (κ2) is 11.2. The molecule has 5 rings (SSSR count). The molecule has 1 amide bonds. The number of hydrogen-bond donors (Lipinski definition) is 0. The van der Waals surface area contributed by atoms with Crippen molar-refractivity contribution < 1.29 is 26.5 Å². The van der Waals surface area contributed by atoms with Gasteiger partial charge in [-0.1, -0.05) is 66.7 Å². The summed E-state index contributed by atoms with van der Waals surface area (Å²) in [5, 5.41) is 3.78. The molecule has 0 aliphatic carbocycles. The van der Waals surface area contributed by atoms with Gasteiger partial charge >= 0.3 is 0 Å². The van der Waals surface area contributed by atoms with Crippen LogP contribution < -0.4 is 37.6 Å². The molecule has 3 nitrogen and oxygen atoms in total. The van der Waals surface area contributed by atoms with Crippen LogP contribution in [0.4, 0.5) is 0 Å². The molecule has 0 aromatic heterocycles. The Kier molecular flexibility index (Phi) is 8.05. The normalized spacial score (nSPS) is 15.5. The molecule has 1 aliphatic rings. The average Bonchev–Trinajstić information content (AvgIpc) is 3.27. The third-order valence-electron chi connectivity index (χ3n) is 6.76. The smallest absolute Gasteiger partial charge is 0.264 e. The number of nitrogens with zero attached hydrogens (tertiary/aromatic N) is 1. The molecule has 5 heteroatoms. The molecule has 4 aromatic carbocycles. The highest BCUT2D eigenvalue weighted by molar-refractivity contribution is 7.96. The van der Waals surface area contributed by atoms with E-state index in [9.17, 15) is 4.79 Å². The van der Waals surface area contributed by atoms with E-state index in [0.29, 0.717) is 6.54 Å². The molecule has 0 saturated carbocycles. The van der Waals surface area contributed by atoms with Crippen molar-refractivity contribution in [1.82, 2.24) is 4.90 Å². The summed E-state index contributed by atoms with van der Waals surface area (Å²) in [5.74, 6) is 1.08. The van der Waals surface area contributed by atoms with E-state index in [1.165, 1.54) is 15.9 Å². The highest BCUT2D eigenvalue weighted by atomic mass is 79.9. The van der Waals surface area contributed by atoms with Crippen molar-refractivity contribution in [2.45, 2.75) is 18.6 Å². The molecule has 1 saturated heterocycles. The fourth-order valence-corrected chi connectivity index (χ4v) is 10.1. The van der Waals surface area contributed by atoms with E-state index < -0.39 is 7.26 Å². The molecule has 0 bridgehead atoms. The number of halogens is 1. The van der Waals surface area contributed by atoms with E-state index >= 15 is 0 Å². The summed E-state index contributed by atoms with van der Waals surface area (Å²) in [5.41, 5.74) is 1.04. The van der Waals surface area contributed by atoms with Gasteiger partial charge in [-0.05, 0) is 54.1 Å². The topological polar surface area (TPSA) is 29.5 Å². The summed E-state index contributed by atoms with van der Waals surface area (Å²) in [6, 6.07) is 40.1. The van der Waals surface area contributed by atoms with Crippen LogP contribution in [0.5, 0.6) is 5.75 Å². The number of benzene rings is 4. The fraction of sp³-hybridized carbons (Fsp3) is 0.167. The Morgan fingerprint density at radius 3 is 1.63 bits per heavy atom. The Balaban J connectivity index is 0.00000289. The first-order chi connectivity index (χ1) is 16.7. The standard InChI is InChI=1S/C30H29NO2P.BrH/c1-33-25-19-17-24(18-20-25)23-31-22-21-29(30(31)32)34(26-11-5-2-6-12-26,27-13-7-3-8-14-27)28-15-9-4-10-16-28;/h2-20,29H,21-23H2,1H3;1H/q+1;/p-1/t29-;/m1./s1. The van der Waals surface area contributed by atoms with Crippen molar-refractivity contribution in [1.29, 1.82) is 0 Å². The van der Waals surface area contributed by atoms with Gasteiger partial charge in [0.1, 0.15) is 28.9 Å². The van der Waals surface area contributed by atoms with Crippen LogP contribution in [0, 0.1) is 0 Å². The predicted octanol–water partition coefficient (Wildman–Crippen LogP) is 1.79. The van der Waals surface area contributed by atoms with Crippen molar-refractivity contribution >= 4 is 29.1 Å². The van der Waals surface area contributed by atoms with E-state index in [4.69, 9.17) is 4.74 Å². The molecule has 35 heavy (non-hydrogen) atoms. The zero-order valence-electron chi connectivity index (χ0n) is 19.8. The molecule has 0 unspecified atom stereocenters. The Bertz CT molecular complexity index is 1140. The van der Waals surface area contributed by atoms with Crippen molar-refractivity contribution in [3.8, 4) is 5.75 Å². The summed E-state index contributed by atoms with van der Waals surface area (Å²) < 4.78 is 5.29. The van der Waals surface area contributed by atoms with Crippen molar-refractivity contribution in [2.75, 3.05) is 13.7 Å². The van der Waals surface area contributed by atoms with Crippen LogP contribution in [0.1, 0.15) is 12.0 Å². The lowest BCUT2D eigenvalue weighted by Gasteiger charge is -2.32. The molecule has 4 aromatic rings. The zero-order valence-corrected chi connectivity index (χ0v) is 22.2. The molecule has 1 aliphatic heterocycles. The van der Waals surface area contributed by atoms with Crippen LogP contribution in [-0.4, -0.2) is 30.1 Å².